The Morgan fingerprint density at radius 2 is 2.00 bits per heavy atom. The molecule has 2 heteroatoms. The van der Waals surface area contributed by atoms with Gasteiger partial charge in [-0.2, -0.15) is 0 Å². The molecule has 0 amide bonds. The maximum atomic E-state index is 11.5. The van der Waals surface area contributed by atoms with Gasteiger partial charge < -0.3 is 5.32 Å². The second kappa shape index (κ2) is 6.99. The van der Waals surface area contributed by atoms with Crippen LogP contribution in [0.25, 0.3) is 0 Å². The van der Waals surface area contributed by atoms with E-state index < -0.39 is 0 Å². The lowest BCUT2D eigenvalue weighted by molar-refractivity contribution is -0.120. The molecule has 0 atom stereocenters. The number of ketones is 1. The number of nitrogens with one attached hydrogen (secondary N) is 1. The Labute approximate surface area is 87.5 Å². The van der Waals surface area contributed by atoms with Gasteiger partial charge in [0.2, 0.25) is 0 Å². The Kier molecular flexibility index (Phi) is 5.85. The van der Waals surface area contributed by atoms with Crippen LogP contribution >= 0.6 is 0 Å². The van der Waals surface area contributed by atoms with Crippen LogP contribution in [0, 0.1) is 5.92 Å². The molecule has 1 saturated carbocycles. The predicted molar refractivity (Wildman–Crippen MR) is 59.4 cm³/mol. The van der Waals surface area contributed by atoms with Crippen molar-refractivity contribution in [3.63, 3.8) is 0 Å². The third-order valence-corrected chi connectivity index (χ3v) is 3.07. The van der Waals surface area contributed by atoms with Gasteiger partial charge in [-0.25, -0.2) is 0 Å². The van der Waals surface area contributed by atoms with Crippen molar-refractivity contribution in [1.29, 1.82) is 0 Å². The van der Waals surface area contributed by atoms with Crippen molar-refractivity contribution in [1.82, 2.24) is 5.32 Å². The Hall–Kier alpha value is -0.370. The SMILES string of the molecule is CCNCCC(=O)CC1CCCCC1. The maximum Gasteiger partial charge on any atom is 0.134 e. The summed E-state index contributed by atoms with van der Waals surface area (Å²) in [5.74, 6) is 1.16. The summed E-state index contributed by atoms with van der Waals surface area (Å²) in [6.45, 7) is 3.91. The van der Waals surface area contributed by atoms with Crippen LogP contribution < -0.4 is 5.32 Å². The first-order valence-corrected chi connectivity index (χ1v) is 6.05. The van der Waals surface area contributed by atoms with Crippen LogP contribution in [0.3, 0.4) is 0 Å². The fraction of sp³-hybridized carbons (Fsp3) is 0.917. The molecule has 0 unspecified atom stereocenters. The van der Waals surface area contributed by atoms with Gasteiger partial charge in [0.15, 0.2) is 0 Å². The van der Waals surface area contributed by atoms with Crippen molar-refractivity contribution in [3.8, 4) is 0 Å². The number of carbonyl (C=O) groups excluding carboxylic acids is 1. The van der Waals surface area contributed by atoms with E-state index in [-0.39, 0.29) is 0 Å². The van der Waals surface area contributed by atoms with Crippen LogP contribution in [-0.2, 0) is 4.79 Å². The number of carbonyl (C=O) groups is 1. The second-order valence-corrected chi connectivity index (χ2v) is 4.35. The van der Waals surface area contributed by atoms with E-state index in [0.29, 0.717) is 11.7 Å². The quantitative estimate of drug-likeness (QED) is 0.663. The van der Waals surface area contributed by atoms with E-state index in [9.17, 15) is 4.79 Å². The van der Waals surface area contributed by atoms with Gasteiger partial charge in [-0.3, -0.25) is 4.79 Å². The normalized spacial score (nSPS) is 18.4. The van der Waals surface area contributed by atoms with E-state index in [4.69, 9.17) is 0 Å². The van der Waals surface area contributed by atoms with E-state index in [1.807, 2.05) is 0 Å². The van der Waals surface area contributed by atoms with Crippen LogP contribution in [0.15, 0.2) is 0 Å². The van der Waals surface area contributed by atoms with Crippen LogP contribution in [0.5, 0.6) is 0 Å². The largest absolute Gasteiger partial charge is 0.317 e. The summed E-state index contributed by atoms with van der Waals surface area (Å²) < 4.78 is 0. The Morgan fingerprint density at radius 1 is 1.29 bits per heavy atom. The van der Waals surface area contributed by atoms with E-state index in [0.717, 1.165) is 25.9 Å². The van der Waals surface area contributed by atoms with Gasteiger partial charge in [-0.15, -0.1) is 0 Å². The fourth-order valence-corrected chi connectivity index (χ4v) is 2.22. The summed E-state index contributed by atoms with van der Waals surface area (Å²) in [5, 5.41) is 3.20. The zero-order valence-electron chi connectivity index (χ0n) is 9.35. The summed E-state index contributed by atoms with van der Waals surface area (Å²) in [7, 11) is 0. The average molecular weight is 197 g/mol. The van der Waals surface area contributed by atoms with Gasteiger partial charge in [0, 0.05) is 19.4 Å². The molecule has 0 aromatic heterocycles. The van der Waals surface area contributed by atoms with Crippen LogP contribution in [0.1, 0.15) is 51.9 Å². The summed E-state index contributed by atoms with van der Waals surface area (Å²) in [6.07, 6.45) is 8.19. The van der Waals surface area contributed by atoms with Gasteiger partial charge >= 0.3 is 0 Å². The first-order valence-electron chi connectivity index (χ1n) is 6.05. The second-order valence-electron chi connectivity index (χ2n) is 4.35. The molecular formula is C12H23NO. The first kappa shape index (κ1) is 11.7. The summed E-state index contributed by atoms with van der Waals surface area (Å²) >= 11 is 0. The van der Waals surface area contributed by atoms with Crippen LogP contribution in [0.2, 0.25) is 0 Å². The molecule has 0 spiro atoms. The van der Waals surface area contributed by atoms with Gasteiger partial charge in [-0.1, -0.05) is 39.0 Å². The third kappa shape index (κ3) is 4.75. The van der Waals surface area contributed by atoms with Crippen molar-refractivity contribution in [2.24, 2.45) is 5.92 Å². The highest BCUT2D eigenvalue weighted by atomic mass is 16.1. The summed E-state index contributed by atoms with van der Waals surface area (Å²) in [5.41, 5.74) is 0. The minimum Gasteiger partial charge on any atom is -0.317 e. The van der Waals surface area contributed by atoms with Crippen molar-refractivity contribution in [2.75, 3.05) is 13.1 Å². The lowest BCUT2D eigenvalue weighted by Crippen LogP contribution is -2.19. The van der Waals surface area contributed by atoms with Gasteiger partial charge in [-0.05, 0) is 12.5 Å². The van der Waals surface area contributed by atoms with E-state index >= 15 is 0 Å². The highest BCUT2D eigenvalue weighted by molar-refractivity contribution is 5.78. The zero-order valence-corrected chi connectivity index (χ0v) is 9.35. The molecule has 0 bridgehead atoms. The molecule has 0 radical (unpaired) electrons. The van der Waals surface area contributed by atoms with Crippen LogP contribution in [0.4, 0.5) is 0 Å². The predicted octanol–water partition coefficient (Wildman–Crippen LogP) is 2.53. The Bertz CT molecular complexity index is 162. The van der Waals surface area contributed by atoms with Crippen molar-refractivity contribution in [3.05, 3.63) is 0 Å². The number of Topliss-reactive ketones (excluding diaryl/α,β-unsaturated/α-hetero) is 1. The smallest absolute Gasteiger partial charge is 0.134 e. The summed E-state index contributed by atoms with van der Waals surface area (Å²) in [6, 6.07) is 0. The molecule has 1 aliphatic carbocycles. The topological polar surface area (TPSA) is 29.1 Å². The van der Waals surface area contributed by atoms with E-state index in [2.05, 4.69) is 12.2 Å². The molecule has 0 saturated heterocycles. The molecule has 1 N–H and O–H groups in total. The molecular weight excluding hydrogens is 174 g/mol. The first-order chi connectivity index (χ1) is 6.83. The lowest BCUT2D eigenvalue weighted by atomic mass is 9.85. The van der Waals surface area contributed by atoms with Crippen LogP contribution in [-0.4, -0.2) is 18.9 Å². The maximum absolute atomic E-state index is 11.5. The minimum absolute atomic E-state index is 0.456. The van der Waals surface area contributed by atoms with E-state index in [1.54, 1.807) is 0 Å². The number of hydrogen-bond acceptors (Lipinski definition) is 2. The van der Waals surface area contributed by atoms with Gasteiger partial charge in [0.05, 0.1) is 0 Å². The molecule has 1 rings (SSSR count). The summed E-state index contributed by atoms with van der Waals surface area (Å²) in [4.78, 5) is 11.5. The Balaban J connectivity index is 2.06. The molecule has 1 fully saturated rings. The standard InChI is InChI=1S/C12H23NO/c1-2-13-9-8-12(14)10-11-6-4-3-5-7-11/h11,13H,2-10H2,1H3. The molecule has 1 aliphatic rings. The minimum atomic E-state index is 0.456. The fourth-order valence-electron chi connectivity index (χ4n) is 2.22. The van der Waals surface area contributed by atoms with E-state index in [1.165, 1.54) is 32.1 Å². The molecule has 14 heavy (non-hydrogen) atoms. The lowest BCUT2D eigenvalue weighted by Gasteiger charge is -2.20. The zero-order chi connectivity index (χ0) is 10.2. The van der Waals surface area contributed by atoms with Crippen molar-refractivity contribution >= 4 is 5.78 Å². The molecule has 2 nitrogen and oxygen atoms in total. The van der Waals surface area contributed by atoms with Gasteiger partial charge in [0.25, 0.3) is 0 Å². The molecule has 0 aliphatic heterocycles. The highest BCUT2D eigenvalue weighted by Gasteiger charge is 2.16. The Morgan fingerprint density at radius 3 is 2.64 bits per heavy atom. The number of hydrogen-bond donors (Lipinski definition) is 1. The molecule has 0 aromatic rings. The number of rotatable bonds is 6. The van der Waals surface area contributed by atoms with Crippen molar-refractivity contribution < 1.29 is 4.79 Å². The molecule has 0 heterocycles. The monoisotopic (exact) mass is 197 g/mol. The average Bonchev–Trinajstić information content (AvgIpc) is 2.20. The molecule has 0 aromatic carbocycles. The molecule has 82 valence electrons. The van der Waals surface area contributed by atoms with Crippen molar-refractivity contribution in [2.45, 2.75) is 51.9 Å². The third-order valence-electron chi connectivity index (χ3n) is 3.07. The van der Waals surface area contributed by atoms with Gasteiger partial charge in [0.1, 0.15) is 5.78 Å². The highest BCUT2D eigenvalue weighted by Crippen LogP contribution is 2.26.